The molecule has 0 saturated heterocycles. The number of nitrogens with zero attached hydrogens (tertiary/aromatic N) is 3. The van der Waals surface area contributed by atoms with Gasteiger partial charge in [0.15, 0.2) is 0 Å². The number of aliphatic hydroxyl groups excluding tert-OH is 1. The van der Waals surface area contributed by atoms with Gasteiger partial charge in [-0.2, -0.15) is 5.26 Å². The molecule has 0 bridgehead atoms. The first-order valence-corrected chi connectivity index (χ1v) is 6.06. The van der Waals surface area contributed by atoms with E-state index in [-0.39, 0.29) is 6.61 Å². The van der Waals surface area contributed by atoms with Crippen LogP contribution in [0.15, 0.2) is 43.1 Å². The minimum atomic E-state index is 0.0232. The highest BCUT2D eigenvalue weighted by atomic mass is 16.3. The first kappa shape index (κ1) is 13.1. The molecule has 0 fully saturated rings. The molecule has 1 aromatic carbocycles. The molecule has 2 aromatic rings. The molecule has 19 heavy (non-hydrogen) atoms. The Hall–Kier alpha value is -2.38. The summed E-state index contributed by atoms with van der Waals surface area (Å²) in [5.74, 6) is 0. The zero-order valence-electron chi connectivity index (χ0n) is 10.6. The van der Waals surface area contributed by atoms with Crippen molar-refractivity contribution in [1.82, 2.24) is 4.98 Å². The monoisotopic (exact) mass is 253 g/mol. The summed E-state index contributed by atoms with van der Waals surface area (Å²) in [6, 6.07) is 9.84. The molecule has 0 atom stereocenters. The van der Waals surface area contributed by atoms with Gasteiger partial charge in [-0.25, -0.2) is 0 Å². The second kappa shape index (κ2) is 5.98. The van der Waals surface area contributed by atoms with E-state index in [4.69, 9.17) is 0 Å². The van der Waals surface area contributed by atoms with E-state index < -0.39 is 0 Å². The highest BCUT2D eigenvalue weighted by molar-refractivity contribution is 5.94. The fourth-order valence-corrected chi connectivity index (χ4v) is 2.12. The third-order valence-corrected chi connectivity index (χ3v) is 2.90. The van der Waals surface area contributed by atoms with Crippen LogP contribution in [0.3, 0.4) is 0 Å². The van der Waals surface area contributed by atoms with E-state index in [1.165, 1.54) is 0 Å². The summed E-state index contributed by atoms with van der Waals surface area (Å²) in [7, 11) is 0. The maximum absolute atomic E-state index is 9.26. The van der Waals surface area contributed by atoms with Gasteiger partial charge in [-0.05, 0) is 6.07 Å². The number of hydrogen-bond donors (Lipinski definition) is 1. The molecular weight excluding hydrogens is 238 g/mol. The first-order valence-electron chi connectivity index (χ1n) is 6.06. The lowest BCUT2D eigenvalue weighted by atomic mass is 10.1. The topological polar surface area (TPSA) is 60.1 Å². The number of rotatable bonds is 5. The van der Waals surface area contributed by atoms with Gasteiger partial charge >= 0.3 is 0 Å². The summed E-state index contributed by atoms with van der Waals surface area (Å²) in [6.45, 7) is 4.77. The van der Waals surface area contributed by atoms with E-state index in [1.54, 1.807) is 12.3 Å². The minimum Gasteiger partial charge on any atom is -0.395 e. The van der Waals surface area contributed by atoms with Crippen LogP contribution in [0.4, 0.5) is 5.69 Å². The summed E-state index contributed by atoms with van der Waals surface area (Å²) >= 11 is 0. The predicted octanol–water partition coefficient (Wildman–Crippen LogP) is 2.09. The molecule has 0 saturated carbocycles. The van der Waals surface area contributed by atoms with Crippen molar-refractivity contribution in [2.45, 2.75) is 0 Å². The van der Waals surface area contributed by atoms with Gasteiger partial charge in [0.05, 0.1) is 23.4 Å². The van der Waals surface area contributed by atoms with Gasteiger partial charge in [-0.3, -0.25) is 4.98 Å². The smallest absolute Gasteiger partial charge is 0.103 e. The standard InChI is InChI=1S/C15H15N3O/c1-2-7-18(8-9-19)15-12(10-16)11-17-14-6-4-3-5-13(14)15/h2-6,11,19H,1,7-9H2. The number of anilines is 1. The lowest BCUT2D eigenvalue weighted by molar-refractivity contribution is 0.303. The second-order valence-electron chi connectivity index (χ2n) is 4.11. The third-order valence-electron chi connectivity index (χ3n) is 2.90. The molecule has 0 aliphatic carbocycles. The van der Waals surface area contributed by atoms with E-state index in [2.05, 4.69) is 17.6 Å². The quantitative estimate of drug-likeness (QED) is 0.829. The Morgan fingerprint density at radius 1 is 1.42 bits per heavy atom. The molecule has 0 amide bonds. The van der Waals surface area contributed by atoms with E-state index in [0.717, 1.165) is 16.6 Å². The van der Waals surface area contributed by atoms with Crippen molar-refractivity contribution < 1.29 is 5.11 Å². The van der Waals surface area contributed by atoms with Gasteiger partial charge in [0.25, 0.3) is 0 Å². The number of para-hydroxylation sites is 1. The molecular formula is C15H15N3O. The Bertz CT molecular complexity index is 631. The number of hydrogen-bond acceptors (Lipinski definition) is 4. The zero-order chi connectivity index (χ0) is 13.7. The fraction of sp³-hybridized carbons (Fsp3) is 0.200. The Kier molecular flexibility index (Phi) is 4.11. The van der Waals surface area contributed by atoms with Crippen LogP contribution >= 0.6 is 0 Å². The first-order chi connectivity index (χ1) is 9.31. The molecule has 4 nitrogen and oxygen atoms in total. The Morgan fingerprint density at radius 2 is 2.21 bits per heavy atom. The Morgan fingerprint density at radius 3 is 2.89 bits per heavy atom. The molecule has 0 radical (unpaired) electrons. The van der Waals surface area contributed by atoms with Crippen LogP contribution in [0.2, 0.25) is 0 Å². The molecule has 96 valence electrons. The molecule has 0 aliphatic heterocycles. The molecule has 0 unspecified atom stereocenters. The highest BCUT2D eigenvalue weighted by Gasteiger charge is 2.14. The van der Waals surface area contributed by atoms with Gasteiger partial charge in [0.1, 0.15) is 6.07 Å². The summed E-state index contributed by atoms with van der Waals surface area (Å²) in [5.41, 5.74) is 2.15. The average molecular weight is 253 g/mol. The predicted molar refractivity (Wildman–Crippen MR) is 76.0 cm³/mol. The number of aliphatic hydroxyl groups is 1. The normalized spacial score (nSPS) is 10.1. The van der Waals surface area contributed by atoms with Gasteiger partial charge in [0, 0.05) is 24.7 Å². The van der Waals surface area contributed by atoms with Crippen molar-refractivity contribution in [3.8, 4) is 6.07 Å². The molecule has 0 spiro atoms. The molecule has 1 aromatic heterocycles. The van der Waals surface area contributed by atoms with E-state index in [0.29, 0.717) is 18.7 Å². The van der Waals surface area contributed by atoms with Crippen LogP contribution in [0, 0.1) is 11.3 Å². The van der Waals surface area contributed by atoms with Crippen molar-refractivity contribution in [2.75, 3.05) is 24.6 Å². The Balaban J connectivity index is 2.66. The second-order valence-corrected chi connectivity index (χ2v) is 4.11. The van der Waals surface area contributed by atoms with E-state index in [9.17, 15) is 10.4 Å². The van der Waals surface area contributed by atoms with Crippen LogP contribution in [-0.4, -0.2) is 29.8 Å². The van der Waals surface area contributed by atoms with Crippen LogP contribution < -0.4 is 4.90 Å². The van der Waals surface area contributed by atoms with Crippen molar-refractivity contribution in [3.05, 3.63) is 48.7 Å². The lowest BCUT2D eigenvalue weighted by Crippen LogP contribution is -2.27. The fourth-order valence-electron chi connectivity index (χ4n) is 2.12. The van der Waals surface area contributed by atoms with Gasteiger partial charge < -0.3 is 10.0 Å². The molecule has 1 heterocycles. The third kappa shape index (κ3) is 2.56. The lowest BCUT2D eigenvalue weighted by Gasteiger charge is -2.24. The number of fused-ring (bicyclic) bond motifs is 1. The van der Waals surface area contributed by atoms with Crippen molar-refractivity contribution in [3.63, 3.8) is 0 Å². The number of benzene rings is 1. The average Bonchev–Trinajstić information content (AvgIpc) is 2.46. The molecule has 1 N–H and O–H groups in total. The van der Waals surface area contributed by atoms with Gasteiger partial charge in [-0.1, -0.05) is 24.3 Å². The van der Waals surface area contributed by atoms with Crippen LogP contribution in [-0.2, 0) is 0 Å². The largest absolute Gasteiger partial charge is 0.395 e. The van der Waals surface area contributed by atoms with Crippen molar-refractivity contribution in [2.24, 2.45) is 0 Å². The summed E-state index contributed by atoms with van der Waals surface area (Å²) in [5, 5.41) is 19.4. The maximum Gasteiger partial charge on any atom is 0.103 e. The maximum atomic E-state index is 9.26. The number of aromatic nitrogens is 1. The van der Waals surface area contributed by atoms with Gasteiger partial charge in [0.2, 0.25) is 0 Å². The summed E-state index contributed by atoms with van der Waals surface area (Å²) < 4.78 is 0. The Labute approximate surface area is 112 Å². The molecule has 2 rings (SSSR count). The molecule has 0 aliphatic rings. The highest BCUT2D eigenvalue weighted by Crippen LogP contribution is 2.28. The van der Waals surface area contributed by atoms with Crippen LogP contribution in [0.5, 0.6) is 0 Å². The molecule has 4 heteroatoms. The van der Waals surface area contributed by atoms with Gasteiger partial charge in [-0.15, -0.1) is 6.58 Å². The van der Waals surface area contributed by atoms with E-state index >= 15 is 0 Å². The summed E-state index contributed by atoms with van der Waals surface area (Å²) in [6.07, 6.45) is 3.33. The van der Waals surface area contributed by atoms with Crippen molar-refractivity contribution >= 4 is 16.6 Å². The van der Waals surface area contributed by atoms with Crippen LogP contribution in [0.25, 0.3) is 10.9 Å². The summed E-state index contributed by atoms with van der Waals surface area (Å²) in [4.78, 5) is 6.22. The number of nitriles is 1. The zero-order valence-corrected chi connectivity index (χ0v) is 10.6. The minimum absolute atomic E-state index is 0.0232. The van der Waals surface area contributed by atoms with Crippen LogP contribution in [0.1, 0.15) is 5.56 Å². The van der Waals surface area contributed by atoms with E-state index in [1.807, 2.05) is 29.2 Å². The van der Waals surface area contributed by atoms with Crippen molar-refractivity contribution in [1.29, 1.82) is 5.26 Å². The number of pyridine rings is 1. The SMILES string of the molecule is C=CCN(CCO)c1c(C#N)cnc2ccccc12.